The highest BCUT2D eigenvalue weighted by atomic mass is 16.5. The summed E-state index contributed by atoms with van der Waals surface area (Å²) in [7, 11) is 1.55. The molecular weight excluding hydrogens is 410 g/mol. The molecule has 0 bridgehead atoms. The van der Waals surface area contributed by atoms with E-state index in [1.165, 1.54) is 11.0 Å². The average Bonchev–Trinajstić information content (AvgIpc) is 3.04. The molecule has 7 nitrogen and oxygen atoms in total. The maximum absolute atomic E-state index is 13.1. The second kappa shape index (κ2) is 9.68. The third-order valence-electron chi connectivity index (χ3n) is 5.17. The first-order valence-electron chi connectivity index (χ1n) is 10.5. The van der Waals surface area contributed by atoms with Crippen LogP contribution in [0.1, 0.15) is 49.2 Å². The van der Waals surface area contributed by atoms with E-state index in [0.717, 1.165) is 0 Å². The number of amides is 1. The number of methoxy groups -OCH3 is 1. The fourth-order valence-electron chi connectivity index (χ4n) is 3.74. The van der Waals surface area contributed by atoms with Gasteiger partial charge in [-0.1, -0.05) is 32.0 Å². The SMILES string of the molecule is CCOC(=O)c1cccc(N2C(=O)C(O)=C(C(=O)CC(C)C)C2c2ccc(OC)cc2)c1. The zero-order valence-corrected chi connectivity index (χ0v) is 18.6. The summed E-state index contributed by atoms with van der Waals surface area (Å²) in [6, 6.07) is 12.5. The van der Waals surface area contributed by atoms with E-state index in [1.807, 2.05) is 13.8 Å². The summed E-state index contributed by atoms with van der Waals surface area (Å²) in [5.41, 5.74) is 1.33. The molecule has 168 valence electrons. The van der Waals surface area contributed by atoms with Crippen LogP contribution in [0.3, 0.4) is 0 Å². The van der Waals surface area contributed by atoms with Gasteiger partial charge in [0, 0.05) is 12.1 Å². The summed E-state index contributed by atoms with van der Waals surface area (Å²) in [4.78, 5) is 39.8. The molecular formula is C25H27NO6. The quantitative estimate of drug-likeness (QED) is 0.616. The summed E-state index contributed by atoms with van der Waals surface area (Å²) in [6.45, 7) is 5.72. The second-order valence-electron chi connectivity index (χ2n) is 7.91. The Kier molecular flexibility index (Phi) is 6.98. The van der Waals surface area contributed by atoms with Crippen molar-refractivity contribution in [2.45, 2.75) is 33.2 Å². The molecule has 1 atom stereocenters. The Morgan fingerprint density at radius 3 is 2.41 bits per heavy atom. The van der Waals surface area contributed by atoms with Crippen LogP contribution in [-0.4, -0.2) is 36.5 Å². The molecule has 0 aliphatic carbocycles. The first-order chi connectivity index (χ1) is 15.3. The van der Waals surface area contributed by atoms with Gasteiger partial charge < -0.3 is 14.6 Å². The summed E-state index contributed by atoms with van der Waals surface area (Å²) in [6.07, 6.45) is 0.191. The van der Waals surface area contributed by atoms with Crippen molar-refractivity contribution in [2.75, 3.05) is 18.6 Å². The van der Waals surface area contributed by atoms with Gasteiger partial charge in [0.2, 0.25) is 0 Å². The molecule has 2 aromatic rings. The molecule has 0 saturated heterocycles. The number of nitrogens with zero attached hydrogens (tertiary/aromatic N) is 1. The number of benzene rings is 2. The monoisotopic (exact) mass is 437 g/mol. The number of Topliss-reactive ketones (excluding diaryl/α,β-unsaturated/α-hetero) is 1. The van der Waals surface area contributed by atoms with E-state index in [2.05, 4.69) is 0 Å². The highest BCUT2D eigenvalue weighted by Gasteiger charge is 2.44. The molecule has 1 amide bonds. The van der Waals surface area contributed by atoms with E-state index in [4.69, 9.17) is 9.47 Å². The minimum absolute atomic E-state index is 0.0513. The number of esters is 1. The van der Waals surface area contributed by atoms with Crippen molar-refractivity contribution in [3.8, 4) is 5.75 Å². The number of aliphatic hydroxyl groups is 1. The van der Waals surface area contributed by atoms with Crippen LogP contribution in [0.4, 0.5) is 5.69 Å². The zero-order valence-electron chi connectivity index (χ0n) is 18.6. The Hall–Kier alpha value is -3.61. The number of carbonyl (C=O) groups is 3. The Balaban J connectivity index is 2.12. The van der Waals surface area contributed by atoms with Crippen LogP contribution in [0.5, 0.6) is 5.75 Å². The third-order valence-corrected chi connectivity index (χ3v) is 5.17. The Morgan fingerprint density at radius 2 is 1.81 bits per heavy atom. The summed E-state index contributed by atoms with van der Waals surface area (Å²) in [5, 5.41) is 10.7. The van der Waals surface area contributed by atoms with Crippen molar-refractivity contribution in [2.24, 2.45) is 5.92 Å². The maximum Gasteiger partial charge on any atom is 0.338 e. The van der Waals surface area contributed by atoms with Crippen LogP contribution >= 0.6 is 0 Å². The van der Waals surface area contributed by atoms with Crippen LogP contribution in [0.2, 0.25) is 0 Å². The van der Waals surface area contributed by atoms with Crippen molar-refractivity contribution >= 4 is 23.3 Å². The molecule has 1 aliphatic rings. The molecule has 0 aromatic heterocycles. The van der Waals surface area contributed by atoms with E-state index in [1.54, 1.807) is 56.5 Å². The summed E-state index contributed by atoms with van der Waals surface area (Å²) in [5.74, 6) is -1.41. The predicted octanol–water partition coefficient (Wildman–Crippen LogP) is 4.39. The molecule has 7 heteroatoms. The smallest absolute Gasteiger partial charge is 0.338 e. The number of hydrogen-bond donors (Lipinski definition) is 1. The fourth-order valence-corrected chi connectivity index (χ4v) is 3.74. The van der Waals surface area contributed by atoms with E-state index in [9.17, 15) is 19.5 Å². The van der Waals surface area contributed by atoms with E-state index < -0.39 is 23.7 Å². The number of ether oxygens (including phenoxy) is 2. The van der Waals surface area contributed by atoms with Gasteiger partial charge in [-0.25, -0.2) is 4.79 Å². The lowest BCUT2D eigenvalue weighted by Gasteiger charge is -2.27. The molecule has 1 N–H and O–H groups in total. The summed E-state index contributed by atoms with van der Waals surface area (Å²) >= 11 is 0. The lowest BCUT2D eigenvalue weighted by Crippen LogP contribution is -2.31. The number of hydrogen-bond acceptors (Lipinski definition) is 6. The van der Waals surface area contributed by atoms with Gasteiger partial charge in [0.05, 0.1) is 30.9 Å². The lowest BCUT2D eigenvalue weighted by molar-refractivity contribution is -0.118. The Labute approximate surface area is 187 Å². The highest BCUT2D eigenvalue weighted by Crippen LogP contribution is 2.42. The topological polar surface area (TPSA) is 93.1 Å². The van der Waals surface area contributed by atoms with Crippen LogP contribution < -0.4 is 9.64 Å². The van der Waals surface area contributed by atoms with Crippen molar-refractivity contribution in [1.29, 1.82) is 0 Å². The van der Waals surface area contributed by atoms with Gasteiger partial charge in [-0.15, -0.1) is 0 Å². The number of carbonyl (C=O) groups excluding carboxylic acids is 3. The first-order valence-corrected chi connectivity index (χ1v) is 10.5. The van der Waals surface area contributed by atoms with Gasteiger partial charge in [-0.2, -0.15) is 0 Å². The van der Waals surface area contributed by atoms with Gasteiger partial charge in [0.1, 0.15) is 5.75 Å². The molecule has 32 heavy (non-hydrogen) atoms. The van der Waals surface area contributed by atoms with E-state index >= 15 is 0 Å². The minimum atomic E-state index is -0.836. The Bertz CT molecular complexity index is 1050. The van der Waals surface area contributed by atoms with Gasteiger partial charge in [0.15, 0.2) is 11.5 Å². The molecule has 0 fully saturated rings. The van der Waals surface area contributed by atoms with Gasteiger partial charge in [-0.05, 0) is 48.7 Å². The number of aliphatic hydroxyl groups excluding tert-OH is 1. The molecule has 0 spiro atoms. The molecule has 2 aromatic carbocycles. The van der Waals surface area contributed by atoms with Crippen molar-refractivity contribution in [1.82, 2.24) is 0 Å². The number of rotatable bonds is 8. The van der Waals surface area contributed by atoms with Crippen molar-refractivity contribution in [3.05, 3.63) is 71.0 Å². The molecule has 1 unspecified atom stereocenters. The average molecular weight is 437 g/mol. The number of ketones is 1. The molecule has 3 rings (SSSR count). The largest absolute Gasteiger partial charge is 0.503 e. The molecule has 0 saturated carbocycles. The van der Waals surface area contributed by atoms with E-state index in [0.29, 0.717) is 17.0 Å². The lowest BCUT2D eigenvalue weighted by atomic mass is 9.92. The first kappa shape index (κ1) is 23.1. The minimum Gasteiger partial charge on any atom is -0.503 e. The van der Waals surface area contributed by atoms with Crippen molar-refractivity contribution in [3.63, 3.8) is 0 Å². The van der Waals surface area contributed by atoms with Crippen molar-refractivity contribution < 1.29 is 29.0 Å². The Morgan fingerprint density at radius 1 is 1.12 bits per heavy atom. The van der Waals surface area contributed by atoms with E-state index in [-0.39, 0.29) is 35.9 Å². The molecule has 1 aliphatic heterocycles. The highest BCUT2D eigenvalue weighted by molar-refractivity contribution is 6.16. The van der Waals surface area contributed by atoms with Crippen LogP contribution in [0.25, 0.3) is 0 Å². The molecule has 0 radical (unpaired) electrons. The van der Waals surface area contributed by atoms with Gasteiger partial charge >= 0.3 is 5.97 Å². The normalized spacial score (nSPS) is 16.0. The second-order valence-corrected chi connectivity index (χ2v) is 7.91. The van der Waals surface area contributed by atoms with Gasteiger partial charge in [-0.3, -0.25) is 14.5 Å². The number of anilines is 1. The summed E-state index contributed by atoms with van der Waals surface area (Å²) < 4.78 is 10.3. The fraction of sp³-hybridized carbons (Fsp3) is 0.320. The van der Waals surface area contributed by atoms with Gasteiger partial charge in [0.25, 0.3) is 5.91 Å². The van der Waals surface area contributed by atoms with Crippen LogP contribution in [0, 0.1) is 5.92 Å². The van der Waals surface area contributed by atoms with Crippen LogP contribution in [0.15, 0.2) is 59.9 Å². The standard InChI is InChI=1S/C25H27NO6/c1-5-32-25(30)17-7-6-8-18(14-17)26-22(16-9-11-19(31-4)12-10-16)21(23(28)24(26)29)20(27)13-15(2)3/h6-12,14-15,22,28H,5,13H2,1-4H3. The predicted molar refractivity (Wildman–Crippen MR) is 120 cm³/mol. The van der Waals surface area contributed by atoms with Crippen LogP contribution in [-0.2, 0) is 14.3 Å². The maximum atomic E-state index is 13.1. The zero-order chi connectivity index (χ0) is 23.4. The third kappa shape index (κ3) is 4.51. The molecule has 1 heterocycles.